The van der Waals surface area contributed by atoms with Gasteiger partial charge in [0, 0.05) is 23.3 Å². The fourth-order valence-electron chi connectivity index (χ4n) is 1.92. The summed E-state index contributed by atoms with van der Waals surface area (Å²) in [6, 6.07) is -0.529. The van der Waals surface area contributed by atoms with Crippen molar-refractivity contribution in [2.45, 2.75) is 13.0 Å². The van der Waals surface area contributed by atoms with E-state index in [0.29, 0.717) is 0 Å². The Balaban J connectivity index is 4.47. The van der Waals surface area contributed by atoms with Gasteiger partial charge >= 0.3 is 12.0 Å². The molecule has 1 unspecified atom stereocenters. The van der Waals surface area contributed by atoms with Gasteiger partial charge in [-0.25, -0.2) is 9.28 Å². The molecule has 0 bridgehead atoms. The molecule has 170 valence electrons. The summed E-state index contributed by atoms with van der Waals surface area (Å²) in [6.45, 7) is -0.329. The van der Waals surface area contributed by atoms with Crippen LogP contribution in [0.1, 0.15) is 6.92 Å². The van der Waals surface area contributed by atoms with Gasteiger partial charge in [0.05, 0.1) is 46.4 Å². The summed E-state index contributed by atoms with van der Waals surface area (Å²) in [5, 5.41) is 18.6. The first-order valence-electron chi connectivity index (χ1n) is 8.62. The molecule has 0 aliphatic heterocycles. The van der Waals surface area contributed by atoms with Gasteiger partial charge in [0.1, 0.15) is 12.7 Å². The SMILES string of the molecule is CC(=O)OC[C@@H](O)COP(=O)([O-])OCCNC(=O)[N+](C)(CCN=[N+]=[N-])CCN=[N+]=[N-]. The minimum Gasteiger partial charge on any atom is -0.756 e. The molecular formula is C13H25N8O8P. The lowest BCUT2D eigenvalue weighted by Gasteiger charge is -2.30. The highest BCUT2D eigenvalue weighted by Gasteiger charge is 2.30. The Labute approximate surface area is 172 Å². The summed E-state index contributed by atoms with van der Waals surface area (Å²) in [5.41, 5.74) is 16.7. The molecule has 30 heavy (non-hydrogen) atoms. The zero-order chi connectivity index (χ0) is 23.0. The number of carbonyl (C=O) groups excluding carboxylic acids is 2. The minimum absolute atomic E-state index is 0.0203. The fraction of sp³-hybridized carbons (Fsp3) is 0.846. The van der Waals surface area contributed by atoms with Crippen molar-refractivity contribution in [3.8, 4) is 0 Å². The summed E-state index contributed by atoms with van der Waals surface area (Å²) >= 11 is 0. The second kappa shape index (κ2) is 14.6. The summed E-state index contributed by atoms with van der Waals surface area (Å²) in [4.78, 5) is 39.8. The number of amides is 2. The van der Waals surface area contributed by atoms with Crippen LogP contribution in [0.5, 0.6) is 0 Å². The third kappa shape index (κ3) is 12.9. The number of aliphatic hydroxyl groups is 1. The number of ether oxygens (including phenoxy) is 1. The molecule has 2 atom stereocenters. The topological polar surface area (TPSA) is 232 Å². The lowest BCUT2D eigenvalue weighted by molar-refractivity contribution is -0.827. The average molecular weight is 452 g/mol. The van der Waals surface area contributed by atoms with Crippen molar-refractivity contribution < 1.29 is 42.4 Å². The number of esters is 1. The Morgan fingerprint density at radius 1 is 1.20 bits per heavy atom. The molecule has 0 aliphatic rings. The van der Waals surface area contributed by atoms with Crippen molar-refractivity contribution in [1.29, 1.82) is 0 Å². The second-order valence-corrected chi connectivity index (χ2v) is 7.43. The number of aliphatic hydroxyl groups excluding tert-OH is 1. The number of urea groups is 1. The molecule has 0 saturated heterocycles. The van der Waals surface area contributed by atoms with Crippen molar-refractivity contribution in [1.82, 2.24) is 5.32 Å². The van der Waals surface area contributed by atoms with Gasteiger partial charge < -0.3 is 29.1 Å². The number of nitrogens with zero attached hydrogens (tertiary/aromatic N) is 7. The molecule has 0 fully saturated rings. The Morgan fingerprint density at radius 2 is 1.77 bits per heavy atom. The molecule has 0 spiro atoms. The van der Waals surface area contributed by atoms with Gasteiger partial charge in [-0.3, -0.25) is 9.36 Å². The summed E-state index contributed by atoms with van der Waals surface area (Å²) in [7, 11) is -3.23. The first-order chi connectivity index (χ1) is 14.1. The number of likely N-dealkylation sites (N-methyl/N-ethyl adjacent to an activating group) is 1. The van der Waals surface area contributed by atoms with Crippen LogP contribution in [0.25, 0.3) is 20.9 Å². The van der Waals surface area contributed by atoms with E-state index in [1.165, 1.54) is 7.05 Å². The summed E-state index contributed by atoms with van der Waals surface area (Å²) < 4.78 is 24.9. The van der Waals surface area contributed by atoms with E-state index < -0.39 is 45.7 Å². The van der Waals surface area contributed by atoms with Crippen LogP contribution in [-0.2, 0) is 23.1 Å². The number of carbonyl (C=O) groups is 2. The fourth-order valence-corrected chi connectivity index (χ4v) is 2.66. The van der Waals surface area contributed by atoms with E-state index in [0.717, 1.165) is 6.92 Å². The Morgan fingerprint density at radius 3 is 2.27 bits per heavy atom. The van der Waals surface area contributed by atoms with Crippen LogP contribution in [-0.4, -0.2) is 87.3 Å². The lowest BCUT2D eigenvalue weighted by Crippen LogP contribution is -2.57. The molecule has 0 heterocycles. The van der Waals surface area contributed by atoms with Crippen LogP contribution < -0.4 is 10.2 Å². The quantitative estimate of drug-likeness (QED) is 0.0660. The van der Waals surface area contributed by atoms with Gasteiger partial charge in [-0.05, 0) is 11.1 Å². The maximum atomic E-state index is 12.4. The summed E-state index contributed by atoms with van der Waals surface area (Å²) in [5.74, 6) is -0.643. The van der Waals surface area contributed by atoms with E-state index >= 15 is 0 Å². The Kier molecular flexibility index (Phi) is 13.4. The largest absolute Gasteiger partial charge is 0.756 e. The molecular weight excluding hydrogens is 427 g/mol. The molecule has 0 radical (unpaired) electrons. The van der Waals surface area contributed by atoms with E-state index in [1.54, 1.807) is 0 Å². The third-order valence-electron chi connectivity index (χ3n) is 3.54. The zero-order valence-electron chi connectivity index (χ0n) is 16.6. The van der Waals surface area contributed by atoms with Gasteiger partial charge in [0.25, 0.3) is 7.82 Å². The molecule has 2 amide bonds. The van der Waals surface area contributed by atoms with Crippen molar-refractivity contribution >= 4 is 19.8 Å². The lowest BCUT2D eigenvalue weighted by atomic mass is 10.4. The molecule has 0 saturated carbocycles. The van der Waals surface area contributed by atoms with E-state index in [1.807, 2.05) is 0 Å². The number of hydrogen-bond acceptors (Lipinski definition) is 10. The molecule has 0 rings (SSSR count). The molecule has 0 aromatic rings. The monoisotopic (exact) mass is 452 g/mol. The van der Waals surface area contributed by atoms with Gasteiger partial charge in [-0.2, -0.15) is 0 Å². The smallest absolute Gasteiger partial charge is 0.416 e. The highest BCUT2D eigenvalue weighted by molar-refractivity contribution is 7.45. The number of hydrogen-bond donors (Lipinski definition) is 2. The van der Waals surface area contributed by atoms with Crippen LogP contribution >= 0.6 is 7.82 Å². The first-order valence-corrected chi connectivity index (χ1v) is 10.1. The predicted octanol–water partition coefficient (Wildman–Crippen LogP) is 0.189. The van der Waals surface area contributed by atoms with Crippen molar-refractivity contribution in [2.24, 2.45) is 10.2 Å². The number of phosphoric ester groups is 1. The number of rotatable bonds is 15. The normalized spacial score (nSPS) is 15.5. The first kappa shape index (κ1) is 27.6. The number of phosphoric acid groups is 1. The van der Waals surface area contributed by atoms with E-state index in [-0.39, 0.29) is 37.2 Å². The Hall–Kier alpha value is -2.41. The van der Waals surface area contributed by atoms with Crippen LogP contribution in [0.2, 0.25) is 0 Å². The standard InChI is InChI=1S/C13H25N8O8P/c1-11(22)27-9-12(23)10-29-30(25,26)28-8-5-16-13(24)21(2,6-3-17-19-14)7-4-18-20-15/h12,23H,3-10H2,1-2H3,(H-,16,24,25,26)/t12-/m1/s1. The van der Waals surface area contributed by atoms with Gasteiger partial charge in [-0.1, -0.05) is 10.2 Å². The minimum atomic E-state index is -4.76. The van der Waals surface area contributed by atoms with Gasteiger partial charge in [-0.15, -0.1) is 0 Å². The second-order valence-electron chi connectivity index (χ2n) is 6.02. The van der Waals surface area contributed by atoms with Crippen molar-refractivity contribution in [3.05, 3.63) is 20.9 Å². The van der Waals surface area contributed by atoms with Gasteiger partial charge in [0.15, 0.2) is 0 Å². The predicted molar refractivity (Wildman–Crippen MR) is 99.5 cm³/mol. The number of nitrogens with one attached hydrogen (secondary N) is 1. The average Bonchev–Trinajstić information content (AvgIpc) is 2.68. The number of quaternary nitrogens is 1. The molecule has 0 aliphatic carbocycles. The molecule has 0 aromatic heterocycles. The highest BCUT2D eigenvalue weighted by atomic mass is 31.2. The van der Waals surface area contributed by atoms with Crippen LogP contribution in [0.4, 0.5) is 4.79 Å². The van der Waals surface area contributed by atoms with Crippen LogP contribution in [0.15, 0.2) is 10.2 Å². The van der Waals surface area contributed by atoms with E-state index in [2.05, 4.69) is 39.2 Å². The maximum Gasteiger partial charge on any atom is 0.416 e. The van der Waals surface area contributed by atoms with E-state index in [4.69, 9.17) is 11.1 Å². The Bertz CT molecular complexity index is 687. The third-order valence-corrected chi connectivity index (χ3v) is 4.50. The molecule has 0 aromatic carbocycles. The van der Waals surface area contributed by atoms with E-state index in [9.17, 15) is 24.2 Å². The van der Waals surface area contributed by atoms with Crippen LogP contribution in [0, 0.1) is 0 Å². The highest BCUT2D eigenvalue weighted by Crippen LogP contribution is 2.37. The number of azide groups is 2. The van der Waals surface area contributed by atoms with Crippen LogP contribution in [0.3, 0.4) is 0 Å². The summed E-state index contributed by atoms with van der Waals surface area (Å²) in [6.07, 6.45) is -1.36. The molecule has 17 heteroatoms. The van der Waals surface area contributed by atoms with Crippen molar-refractivity contribution in [2.75, 3.05) is 59.6 Å². The van der Waals surface area contributed by atoms with Gasteiger partial charge in [0.2, 0.25) is 0 Å². The van der Waals surface area contributed by atoms with Crippen molar-refractivity contribution in [3.63, 3.8) is 0 Å². The molecule has 2 N–H and O–H groups in total. The zero-order valence-corrected chi connectivity index (χ0v) is 17.5. The maximum absolute atomic E-state index is 12.4. The molecule has 16 nitrogen and oxygen atoms in total.